The van der Waals surface area contributed by atoms with Crippen LogP contribution in [-0.2, 0) is 6.42 Å². The van der Waals surface area contributed by atoms with E-state index < -0.39 is 0 Å². The van der Waals surface area contributed by atoms with Gasteiger partial charge in [0.25, 0.3) is 0 Å². The molecule has 1 heterocycles. The summed E-state index contributed by atoms with van der Waals surface area (Å²) in [6.45, 7) is 2.92. The highest BCUT2D eigenvalue weighted by atomic mass is 79.9. The molecule has 0 atom stereocenters. The van der Waals surface area contributed by atoms with Crippen LogP contribution in [0.1, 0.15) is 24.0 Å². The van der Waals surface area contributed by atoms with Gasteiger partial charge in [0.1, 0.15) is 0 Å². The van der Waals surface area contributed by atoms with E-state index in [-0.39, 0.29) is 0 Å². The van der Waals surface area contributed by atoms with E-state index in [0.29, 0.717) is 0 Å². The standard InChI is InChI=1S/C19H21BrN2/c1-13-7-2-3-8-14(13)18-15(9-4-5-12-21)16-10-6-11-17(20)19(16)22-18/h2-3,6-8,10-11,22H,4-5,9,12,21H2,1H3. The molecule has 2 aromatic carbocycles. The first-order chi connectivity index (χ1) is 10.7. The van der Waals surface area contributed by atoms with E-state index >= 15 is 0 Å². The summed E-state index contributed by atoms with van der Waals surface area (Å²) < 4.78 is 1.12. The number of aryl methyl sites for hydroxylation is 2. The molecule has 0 aliphatic carbocycles. The van der Waals surface area contributed by atoms with Gasteiger partial charge in [0, 0.05) is 21.1 Å². The second-order valence-electron chi connectivity index (χ2n) is 5.70. The molecular formula is C19H21BrN2. The number of hydrogen-bond acceptors (Lipinski definition) is 1. The lowest BCUT2D eigenvalue weighted by Gasteiger charge is -2.08. The average molecular weight is 357 g/mol. The summed E-state index contributed by atoms with van der Waals surface area (Å²) in [6.07, 6.45) is 3.24. The number of nitrogens with one attached hydrogen (secondary N) is 1. The smallest absolute Gasteiger partial charge is 0.0606 e. The predicted octanol–water partition coefficient (Wildman–Crippen LogP) is 5.19. The van der Waals surface area contributed by atoms with Gasteiger partial charge in [-0.25, -0.2) is 0 Å². The zero-order chi connectivity index (χ0) is 15.5. The van der Waals surface area contributed by atoms with Gasteiger partial charge in [-0.15, -0.1) is 0 Å². The quantitative estimate of drug-likeness (QED) is 0.607. The maximum Gasteiger partial charge on any atom is 0.0606 e. The van der Waals surface area contributed by atoms with Crippen molar-refractivity contribution in [2.45, 2.75) is 26.2 Å². The summed E-state index contributed by atoms with van der Waals surface area (Å²) in [5.41, 5.74) is 12.1. The number of fused-ring (bicyclic) bond motifs is 1. The molecule has 0 fully saturated rings. The summed E-state index contributed by atoms with van der Waals surface area (Å²) in [6, 6.07) is 15.0. The van der Waals surface area contributed by atoms with E-state index in [0.717, 1.165) is 30.3 Å². The van der Waals surface area contributed by atoms with Crippen molar-refractivity contribution in [3.8, 4) is 11.3 Å². The molecule has 0 spiro atoms. The largest absolute Gasteiger partial charge is 0.353 e. The van der Waals surface area contributed by atoms with Gasteiger partial charge in [-0.05, 0) is 65.9 Å². The lowest BCUT2D eigenvalue weighted by atomic mass is 9.98. The number of rotatable bonds is 5. The molecule has 0 saturated heterocycles. The summed E-state index contributed by atoms with van der Waals surface area (Å²) in [7, 11) is 0. The van der Waals surface area contributed by atoms with Gasteiger partial charge in [0.05, 0.1) is 5.52 Å². The molecule has 0 radical (unpaired) electrons. The summed E-state index contributed by atoms with van der Waals surface area (Å²) in [5.74, 6) is 0. The van der Waals surface area contributed by atoms with Gasteiger partial charge in [-0.3, -0.25) is 0 Å². The molecular weight excluding hydrogens is 336 g/mol. The molecule has 3 N–H and O–H groups in total. The Labute approximate surface area is 139 Å². The first-order valence-electron chi connectivity index (χ1n) is 7.77. The molecule has 0 amide bonds. The van der Waals surface area contributed by atoms with Crippen molar-refractivity contribution in [2.24, 2.45) is 5.73 Å². The van der Waals surface area contributed by atoms with Crippen LogP contribution >= 0.6 is 15.9 Å². The fraction of sp³-hybridized carbons (Fsp3) is 0.263. The fourth-order valence-electron chi connectivity index (χ4n) is 3.03. The van der Waals surface area contributed by atoms with Crippen LogP contribution in [0.15, 0.2) is 46.9 Å². The van der Waals surface area contributed by atoms with Crippen LogP contribution < -0.4 is 5.73 Å². The number of H-pyrrole nitrogens is 1. The van der Waals surface area contributed by atoms with E-state index in [9.17, 15) is 0 Å². The molecule has 114 valence electrons. The minimum absolute atomic E-state index is 0.756. The highest BCUT2D eigenvalue weighted by Gasteiger charge is 2.15. The van der Waals surface area contributed by atoms with Gasteiger partial charge in [0.2, 0.25) is 0 Å². The molecule has 0 aliphatic heterocycles. The maximum atomic E-state index is 5.66. The molecule has 22 heavy (non-hydrogen) atoms. The number of benzene rings is 2. The summed E-state index contributed by atoms with van der Waals surface area (Å²) in [5, 5.41) is 1.31. The van der Waals surface area contributed by atoms with Gasteiger partial charge in [-0.1, -0.05) is 36.4 Å². The Hall–Kier alpha value is -1.58. The Morgan fingerprint density at radius 1 is 1.05 bits per heavy atom. The number of unbranched alkanes of at least 4 members (excludes halogenated alkanes) is 1. The second-order valence-corrected chi connectivity index (χ2v) is 6.56. The normalized spacial score (nSPS) is 11.2. The van der Waals surface area contributed by atoms with Crippen LogP contribution in [0.25, 0.3) is 22.2 Å². The number of nitrogens with two attached hydrogens (primary N) is 1. The third kappa shape index (κ3) is 2.83. The Morgan fingerprint density at radius 3 is 2.64 bits per heavy atom. The first-order valence-corrected chi connectivity index (χ1v) is 8.57. The van der Waals surface area contributed by atoms with Crippen molar-refractivity contribution < 1.29 is 0 Å². The van der Waals surface area contributed by atoms with Gasteiger partial charge < -0.3 is 10.7 Å². The van der Waals surface area contributed by atoms with E-state index in [1.807, 2.05) is 0 Å². The summed E-state index contributed by atoms with van der Waals surface area (Å²) in [4.78, 5) is 3.64. The van der Waals surface area contributed by atoms with Crippen LogP contribution in [0.2, 0.25) is 0 Å². The summed E-state index contributed by atoms with van der Waals surface area (Å²) >= 11 is 3.67. The predicted molar refractivity (Wildman–Crippen MR) is 98.2 cm³/mol. The third-order valence-corrected chi connectivity index (χ3v) is 4.85. The number of aromatic nitrogens is 1. The van der Waals surface area contributed by atoms with Crippen LogP contribution in [0.3, 0.4) is 0 Å². The Kier molecular flexibility index (Phi) is 4.65. The topological polar surface area (TPSA) is 41.8 Å². The van der Waals surface area contributed by atoms with Crippen molar-refractivity contribution in [2.75, 3.05) is 6.54 Å². The first kappa shape index (κ1) is 15.3. The highest BCUT2D eigenvalue weighted by molar-refractivity contribution is 9.10. The lowest BCUT2D eigenvalue weighted by Crippen LogP contribution is -1.99. The Balaban J connectivity index is 2.17. The van der Waals surface area contributed by atoms with Crippen molar-refractivity contribution in [3.05, 3.63) is 58.1 Å². The van der Waals surface area contributed by atoms with E-state index in [4.69, 9.17) is 5.73 Å². The molecule has 0 saturated carbocycles. The minimum Gasteiger partial charge on any atom is -0.353 e. The zero-order valence-corrected chi connectivity index (χ0v) is 14.4. The molecule has 3 rings (SSSR count). The maximum absolute atomic E-state index is 5.66. The van der Waals surface area contributed by atoms with Gasteiger partial charge in [-0.2, -0.15) is 0 Å². The molecule has 0 unspecified atom stereocenters. The number of para-hydroxylation sites is 1. The van der Waals surface area contributed by atoms with Crippen LogP contribution in [0, 0.1) is 6.92 Å². The number of hydrogen-bond donors (Lipinski definition) is 2. The molecule has 3 heteroatoms. The van der Waals surface area contributed by atoms with Crippen molar-refractivity contribution in [3.63, 3.8) is 0 Å². The second kappa shape index (κ2) is 6.67. The highest BCUT2D eigenvalue weighted by Crippen LogP contribution is 2.35. The van der Waals surface area contributed by atoms with Crippen LogP contribution in [-0.4, -0.2) is 11.5 Å². The van der Waals surface area contributed by atoms with Crippen molar-refractivity contribution >= 4 is 26.8 Å². The van der Waals surface area contributed by atoms with Gasteiger partial charge in [0.15, 0.2) is 0 Å². The number of halogens is 1. The Morgan fingerprint density at radius 2 is 1.86 bits per heavy atom. The number of aromatic amines is 1. The minimum atomic E-state index is 0.756. The average Bonchev–Trinajstić information content (AvgIpc) is 2.88. The molecule has 2 nitrogen and oxygen atoms in total. The molecule has 0 bridgehead atoms. The van der Waals surface area contributed by atoms with Crippen molar-refractivity contribution in [1.29, 1.82) is 0 Å². The van der Waals surface area contributed by atoms with E-state index in [1.165, 1.54) is 33.3 Å². The molecule has 0 aliphatic rings. The Bertz CT molecular complexity index is 789. The van der Waals surface area contributed by atoms with Crippen molar-refractivity contribution in [1.82, 2.24) is 4.98 Å². The van der Waals surface area contributed by atoms with Gasteiger partial charge >= 0.3 is 0 Å². The molecule has 1 aromatic heterocycles. The van der Waals surface area contributed by atoms with E-state index in [2.05, 4.69) is 70.3 Å². The van der Waals surface area contributed by atoms with E-state index in [1.54, 1.807) is 0 Å². The monoisotopic (exact) mass is 356 g/mol. The zero-order valence-electron chi connectivity index (χ0n) is 12.8. The molecule has 3 aromatic rings. The SMILES string of the molecule is Cc1ccccc1-c1[nH]c2c(Br)cccc2c1CCCCN. The van der Waals surface area contributed by atoms with Crippen LogP contribution in [0.4, 0.5) is 0 Å². The third-order valence-electron chi connectivity index (χ3n) is 4.19. The lowest BCUT2D eigenvalue weighted by molar-refractivity contribution is 0.748. The van der Waals surface area contributed by atoms with Crippen LogP contribution in [0.5, 0.6) is 0 Å². The fourth-order valence-corrected chi connectivity index (χ4v) is 3.49.